The highest BCUT2D eigenvalue weighted by Gasteiger charge is 2.28. The number of aromatic nitrogens is 1. The fraction of sp³-hybridized carbons (Fsp3) is 0.455. The van der Waals surface area contributed by atoms with Gasteiger partial charge in [0.05, 0.1) is 6.04 Å². The van der Waals surface area contributed by atoms with Gasteiger partial charge in [0, 0.05) is 30.3 Å². The predicted molar refractivity (Wildman–Crippen MR) is 65.3 cm³/mol. The summed E-state index contributed by atoms with van der Waals surface area (Å²) in [5.41, 5.74) is 0.511. The molecule has 0 bridgehead atoms. The first-order chi connectivity index (χ1) is 7.72. The summed E-state index contributed by atoms with van der Waals surface area (Å²) < 4.78 is 0.886. The smallest absolute Gasteiger partial charge is 0.272 e. The van der Waals surface area contributed by atoms with E-state index in [9.17, 15) is 4.79 Å². The van der Waals surface area contributed by atoms with Crippen LogP contribution in [0.25, 0.3) is 0 Å². The van der Waals surface area contributed by atoms with Crippen LogP contribution < -0.4 is 5.32 Å². The predicted octanol–water partition coefficient (Wildman–Crippen LogP) is 1.28. The van der Waals surface area contributed by atoms with E-state index in [0.717, 1.165) is 24.1 Å². The zero-order valence-corrected chi connectivity index (χ0v) is 10.7. The first-order valence-electron chi connectivity index (χ1n) is 5.35. The van der Waals surface area contributed by atoms with Crippen LogP contribution in [0.2, 0.25) is 0 Å². The lowest BCUT2D eigenvalue weighted by Gasteiger charge is -2.37. The van der Waals surface area contributed by atoms with E-state index in [-0.39, 0.29) is 5.91 Å². The summed E-state index contributed by atoms with van der Waals surface area (Å²) in [5.74, 6) is 0.0153. The van der Waals surface area contributed by atoms with Gasteiger partial charge >= 0.3 is 0 Å². The van der Waals surface area contributed by atoms with E-state index >= 15 is 0 Å². The van der Waals surface area contributed by atoms with Gasteiger partial charge < -0.3 is 10.2 Å². The van der Waals surface area contributed by atoms with Gasteiger partial charge in [0.15, 0.2) is 0 Å². The highest BCUT2D eigenvalue weighted by atomic mass is 79.9. The molecular formula is C11H14BrN3O. The molecule has 2 heterocycles. The summed E-state index contributed by atoms with van der Waals surface area (Å²) in [6.45, 7) is 4.49. The van der Waals surface area contributed by atoms with Crippen LogP contribution >= 0.6 is 15.9 Å². The number of carbonyl (C=O) groups excluding carboxylic acids is 1. The number of rotatable bonds is 3. The van der Waals surface area contributed by atoms with Crippen LogP contribution in [0.1, 0.15) is 17.4 Å². The molecule has 2 rings (SSSR count). The molecule has 0 aromatic carbocycles. The SMILES string of the molecule is CCN(C(=O)c1ccc(Br)cn1)C1CNC1. The summed E-state index contributed by atoms with van der Waals surface area (Å²) in [7, 11) is 0. The Morgan fingerprint density at radius 1 is 1.62 bits per heavy atom. The van der Waals surface area contributed by atoms with E-state index in [1.165, 1.54) is 0 Å². The van der Waals surface area contributed by atoms with Crippen molar-refractivity contribution < 1.29 is 4.79 Å². The van der Waals surface area contributed by atoms with Crippen molar-refractivity contribution in [2.75, 3.05) is 19.6 Å². The zero-order valence-electron chi connectivity index (χ0n) is 9.11. The van der Waals surface area contributed by atoms with Crippen molar-refractivity contribution in [3.63, 3.8) is 0 Å². The summed E-state index contributed by atoms with van der Waals surface area (Å²) in [5, 5.41) is 3.17. The van der Waals surface area contributed by atoms with Gasteiger partial charge in [0.1, 0.15) is 5.69 Å². The number of nitrogens with one attached hydrogen (secondary N) is 1. The van der Waals surface area contributed by atoms with Crippen molar-refractivity contribution in [1.82, 2.24) is 15.2 Å². The molecule has 0 spiro atoms. The van der Waals surface area contributed by atoms with E-state index in [1.54, 1.807) is 12.3 Å². The minimum Gasteiger partial charge on any atom is -0.332 e. The molecule has 0 atom stereocenters. The van der Waals surface area contributed by atoms with Crippen LogP contribution in [-0.2, 0) is 0 Å². The number of carbonyl (C=O) groups is 1. The Labute approximate surface area is 103 Å². The van der Waals surface area contributed by atoms with Crippen LogP contribution in [0.3, 0.4) is 0 Å². The van der Waals surface area contributed by atoms with Crippen LogP contribution in [0.5, 0.6) is 0 Å². The lowest BCUT2D eigenvalue weighted by molar-refractivity contribution is 0.0624. The topological polar surface area (TPSA) is 45.2 Å². The van der Waals surface area contributed by atoms with Gasteiger partial charge in [-0.2, -0.15) is 0 Å². The second-order valence-electron chi connectivity index (χ2n) is 3.76. The molecule has 1 aromatic rings. The Balaban J connectivity index is 2.12. The normalized spacial score (nSPS) is 15.6. The molecule has 86 valence electrons. The Morgan fingerprint density at radius 2 is 2.38 bits per heavy atom. The summed E-state index contributed by atoms with van der Waals surface area (Å²) in [4.78, 5) is 18.1. The summed E-state index contributed by atoms with van der Waals surface area (Å²) >= 11 is 3.31. The average Bonchev–Trinajstić information content (AvgIpc) is 2.23. The standard InChI is InChI=1S/C11H14BrN3O/c1-2-15(9-6-13-7-9)11(16)10-4-3-8(12)5-14-10/h3-5,9,13H,2,6-7H2,1H3. The van der Waals surface area contributed by atoms with Crippen molar-refractivity contribution in [1.29, 1.82) is 0 Å². The number of likely N-dealkylation sites (N-methyl/N-ethyl adjacent to an activating group) is 1. The fourth-order valence-electron chi connectivity index (χ4n) is 1.71. The van der Waals surface area contributed by atoms with Crippen molar-refractivity contribution in [3.05, 3.63) is 28.5 Å². The molecule has 1 aromatic heterocycles. The molecule has 0 radical (unpaired) electrons. The molecule has 1 fully saturated rings. The van der Waals surface area contributed by atoms with Gasteiger partial charge in [0.2, 0.25) is 0 Å². The van der Waals surface area contributed by atoms with Gasteiger partial charge in [-0.25, -0.2) is 4.98 Å². The minimum absolute atomic E-state index is 0.0153. The van der Waals surface area contributed by atoms with Crippen molar-refractivity contribution >= 4 is 21.8 Å². The highest BCUT2D eigenvalue weighted by Crippen LogP contribution is 2.12. The monoisotopic (exact) mass is 283 g/mol. The Bertz CT molecular complexity index is 375. The Hall–Kier alpha value is -0.940. The summed E-state index contributed by atoms with van der Waals surface area (Å²) in [6.07, 6.45) is 1.65. The third kappa shape index (κ3) is 2.25. The molecule has 4 nitrogen and oxygen atoms in total. The molecule has 0 saturated carbocycles. The molecule has 16 heavy (non-hydrogen) atoms. The van der Waals surface area contributed by atoms with E-state index in [1.807, 2.05) is 17.9 Å². The van der Waals surface area contributed by atoms with E-state index in [4.69, 9.17) is 0 Å². The number of hydrogen-bond acceptors (Lipinski definition) is 3. The maximum absolute atomic E-state index is 12.1. The van der Waals surface area contributed by atoms with Crippen molar-refractivity contribution in [3.8, 4) is 0 Å². The minimum atomic E-state index is 0.0153. The molecule has 1 amide bonds. The maximum atomic E-state index is 12.1. The number of pyridine rings is 1. The number of hydrogen-bond donors (Lipinski definition) is 1. The van der Waals surface area contributed by atoms with Gasteiger partial charge in [0.25, 0.3) is 5.91 Å². The molecule has 1 saturated heterocycles. The van der Waals surface area contributed by atoms with Crippen molar-refractivity contribution in [2.45, 2.75) is 13.0 Å². The number of halogens is 1. The average molecular weight is 284 g/mol. The third-order valence-corrected chi connectivity index (χ3v) is 3.22. The van der Waals surface area contributed by atoms with Gasteiger partial charge in [-0.3, -0.25) is 4.79 Å². The van der Waals surface area contributed by atoms with Crippen LogP contribution in [0, 0.1) is 0 Å². The molecular weight excluding hydrogens is 270 g/mol. The maximum Gasteiger partial charge on any atom is 0.272 e. The van der Waals surface area contributed by atoms with Gasteiger partial charge in [-0.05, 0) is 35.0 Å². The van der Waals surface area contributed by atoms with Gasteiger partial charge in [-0.15, -0.1) is 0 Å². The van der Waals surface area contributed by atoms with E-state index in [2.05, 4.69) is 26.2 Å². The second-order valence-corrected chi connectivity index (χ2v) is 4.68. The molecule has 1 aliphatic rings. The third-order valence-electron chi connectivity index (χ3n) is 2.75. The molecule has 5 heteroatoms. The largest absolute Gasteiger partial charge is 0.332 e. The molecule has 1 aliphatic heterocycles. The second kappa shape index (κ2) is 4.93. The zero-order chi connectivity index (χ0) is 11.5. The molecule has 0 unspecified atom stereocenters. The highest BCUT2D eigenvalue weighted by molar-refractivity contribution is 9.10. The van der Waals surface area contributed by atoms with Gasteiger partial charge in [-0.1, -0.05) is 0 Å². The van der Waals surface area contributed by atoms with Crippen LogP contribution in [0.4, 0.5) is 0 Å². The van der Waals surface area contributed by atoms with E-state index < -0.39 is 0 Å². The Kier molecular flexibility index (Phi) is 3.56. The first kappa shape index (κ1) is 11.5. The lowest BCUT2D eigenvalue weighted by Crippen LogP contribution is -2.58. The summed E-state index contributed by atoms with van der Waals surface area (Å²) in [6, 6.07) is 3.91. The Morgan fingerprint density at radius 3 is 2.81 bits per heavy atom. The molecule has 0 aliphatic carbocycles. The van der Waals surface area contributed by atoms with Crippen LogP contribution in [-0.4, -0.2) is 41.5 Å². The number of nitrogens with zero attached hydrogens (tertiary/aromatic N) is 2. The van der Waals surface area contributed by atoms with Crippen molar-refractivity contribution in [2.24, 2.45) is 0 Å². The quantitative estimate of drug-likeness (QED) is 0.909. The lowest BCUT2D eigenvalue weighted by atomic mass is 10.1. The van der Waals surface area contributed by atoms with E-state index in [0.29, 0.717) is 11.7 Å². The van der Waals surface area contributed by atoms with Crippen LogP contribution in [0.15, 0.2) is 22.8 Å². The molecule has 1 N–H and O–H groups in total. The number of amides is 1. The first-order valence-corrected chi connectivity index (χ1v) is 6.15. The fourth-order valence-corrected chi connectivity index (χ4v) is 1.95.